The van der Waals surface area contributed by atoms with Gasteiger partial charge >= 0.3 is 0 Å². The third-order valence-corrected chi connectivity index (χ3v) is 3.79. The molecule has 0 saturated carbocycles. The molecule has 2 rings (SSSR count). The van der Waals surface area contributed by atoms with Gasteiger partial charge in [-0.05, 0) is 25.0 Å². The number of hydrogen-bond donors (Lipinski definition) is 0. The molecule has 2 unspecified atom stereocenters. The van der Waals surface area contributed by atoms with Crippen LogP contribution in [0.1, 0.15) is 25.3 Å². The summed E-state index contributed by atoms with van der Waals surface area (Å²) in [4.78, 5) is 12.2. The zero-order valence-electron chi connectivity index (χ0n) is 10.3. The molecule has 0 radical (unpaired) electrons. The molecule has 0 N–H and O–H groups in total. The monoisotopic (exact) mass is 270 g/mol. The first-order chi connectivity index (χ1) is 8.63. The van der Waals surface area contributed by atoms with E-state index in [0.717, 1.165) is 12.8 Å². The van der Waals surface area contributed by atoms with E-state index >= 15 is 0 Å². The molecule has 0 bridgehead atoms. The summed E-state index contributed by atoms with van der Waals surface area (Å²) in [7, 11) is 0. The summed E-state index contributed by atoms with van der Waals surface area (Å²) in [6.45, 7) is 2.60. The molecule has 1 fully saturated rings. The topological polar surface area (TPSA) is 26.3 Å². The smallest absolute Gasteiger partial charge is 0.143 e. The van der Waals surface area contributed by atoms with Crippen molar-refractivity contribution >= 4 is 17.4 Å². The highest BCUT2D eigenvalue weighted by molar-refractivity contribution is 6.31. The second kappa shape index (κ2) is 5.81. The van der Waals surface area contributed by atoms with Crippen LogP contribution in [0.3, 0.4) is 0 Å². The van der Waals surface area contributed by atoms with Gasteiger partial charge in [0.1, 0.15) is 11.6 Å². The largest absolute Gasteiger partial charge is 0.377 e. The lowest BCUT2D eigenvalue weighted by Gasteiger charge is -2.16. The van der Waals surface area contributed by atoms with Gasteiger partial charge in [0, 0.05) is 29.5 Å². The average Bonchev–Trinajstić information content (AvgIpc) is 2.82. The quantitative estimate of drug-likeness (QED) is 0.838. The highest BCUT2D eigenvalue weighted by Crippen LogP contribution is 2.27. The SMILES string of the molecule is CCC1OCCC1C(=O)Cc1c(F)cccc1Cl. The van der Waals surface area contributed by atoms with E-state index in [9.17, 15) is 9.18 Å². The van der Waals surface area contributed by atoms with Gasteiger partial charge in [-0.2, -0.15) is 0 Å². The highest BCUT2D eigenvalue weighted by Gasteiger charge is 2.32. The fourth-order valence-electron chi connectivity index (χ4n) is 2.43. The van der Waals surface area contributed by atoms with Crippen LogP contribution in [0.15, 0.2) is 18.2 Å². The van der Waals surface area contributed by atoms with Gasteiger partial charge < -0.3 is 4.74 Å². The maximum Gasteiger partial charge on any atom is 0.143 e. The van der Waals surface area contributed by atoms with Crippen LogP contribution in [0, 0.1) is 11.7 Å². The van der Waals surface area contributed by atoms with Crippen molar-refractivity contribution in [2.75, 3.05) is 6.61 Å². The van der Waals surface area contributed by atoms with Crippen molar-refractivity contribution in [3.8, 4) is 0 Å². The fourth-order valence-corrected chi connectivity index (χ4v) is 2.66. The van der Waals surface area contributed by atoms with Crippen LogP contribution in [0.25, 0.3) is 0 Å². The van der Waals surface area contributed by atoms with E-state index in [0.29, 0.717) is 17.2 Å². The molecular weight excluding hydrogens is 255 g/mol. The molecule has 98 valence electrons. The minimum Gasteiger partial charge on any atom is -0.377 e. The van der Waals surface area contributed by atoms with Gasteiger partial charge in [-0.3, -0.25) is 4.79 Å². The Kier molecular flexibility index (Phi) is 4.36. The lowest BCUT2D eigenvalue weighted by atomic mass is 9.91. The number of ketones is 1. The molecule has 1 heterocycles. The Labute approximate surface area is 111 Å². The molecule has 2 nitrogen and oxygen atoms in total. The number of benzene rings is 1. The van der Waals surface area contributed by atoms with Gasteiger partial charge in [0.15, 0.2) is 0 Å². The number of carbonyl (C=O) groups excluding carboxylic acids is 1. The summed E-state index contributed by atoms with van der Waals surface area (Å²) in [6.07, 6.45) is 1.56. The molecule has 1 aromatic rings. The van der Waals surface area contributed by atoms with Crippen LogP contribution in [0.5, 0.6) is 0 Å². The van der Waals surface area contributed by atoms with E-state index in [1.807, 2.05) is 6.92 Å². The van der Waals surface area contributed by atoms with E-state index in [-0.39, 0.29) is 24.2 Å². The van der Waals surface area contributed by atoms with Crippen LogP contribution in [-0.2, 0) is 16.0 Å². The van der Waals surface area contributed by atoms with Crippen LogP contribution in [-0.4, -0.2) is 18.5 Å². The van der Waals surface area contributed by atoms with Crippen molar-refractivity contribution in [2.24, 2.45) is 5.92 Å². The fraction of sp³-hybridized carbons (Fsp3) is 0.500. The number of rotatable bonds is 4. The number of halogens is 2. The Morgan fingerprint density at radius 3 is 3.00 bits per heavy atom. The molecule has 1 aliphatic heterocycles. The average molecular weight is 271 g/mol. The predicted octanol–water partition coefficient (Wildman–Crippen LogP) is 3.41. The number of Topliss-reactive ketones (excluding diaryl/α,β-unsaturated/α-hetero) is 1. The summed E-state index contributed by atoms with van der Waals surface area (Å²) in [5.74, 6) is -0.514. The van der Waals surface area contributed by atoms with E-state index in [2.05, 4.69) is 0 Å². The Balaban J connectivity index is 2.12. The summed E-state index contributed by atoms with van der Waals surface area (Å²) in [5.41, 5.74) is 0.297. The summed E-state index contributed by atoms with van der Waals surface area (Å²) >= 11 is 5.93. The maximum atomic E-state index is 13.6. The molecule has 2 atom stereocenters. The van der Waals surface area contributed by atoms with Crippen molar-refractivity contribution in [1.82, 2.24) is 0 Å². The van der Waals surface area contributed by atoms with Crippen molar-refractivity contribution in [2.45, 2.75) is 32.3 Å². The number of carbonyl (C=O) groups is 1. The van der Waals surface area contributed by atoms with Gasteiger partial charge in [-0.1, -0.05) is 24.6 Å². The van der Waals surface area contributed by atoms with Crippen molar-refractivity contribution in [1.29, 1.82) is 0 Å². The van der Waals surface area contributed by atoms with Crippen molar-refractivity contribution in [3.63, 3.8) is 0 Å². The summed E-state index contributed by atoms with van der Waals surface area (Å²) in [5, 5.41) is 0.315. The minimum absolute atomic E-state index is 0.0198. The van der Waals surface area contributed by atoms with Gasteiger partial charge in [0.25, 0.3) is 0 Å². The molecule has 0 spiro atoms. The van der Waals surface area contributed by atoms with E-state index in [1.54, 1.807) is 12.1 Å². The minimum atomic E-state index is -0.414. The van der Waals surface area contributed by atoms with E-state index in [1.165, 1.54) is 6.07 Å². The molecule has 18 heavy (non-hydrogen) atoms. The summed E-state index contributed by atoms with van der Waals surface area (Å²) in [6, 6.07) is 4.48. The predicted molar refractivity (Wildman–Crippen MR) is 68.3 cm³/mol. The third-order valence-electron chi connectivity index (χ3n) is 3.44. The zero-order chi connectivity index (χ0) is 13.1. The molecule has 1 saturated heterocycles. The maximum absolute atomic E-state index is 13.6. The summed E-state index contributed by atoms with van der Waals surface area (Å²) < 4.78 is 19.1. The second-order valence-electron chi connectivity index (χ2n) is 4.56. The van der Waals surface area contributed by atoms with Crippen molar-refractivity contribution < 1.29 is 13.9 Å². The molecule has 0 amide bonds. The Hall–Kier alpha value is -0.930. The lowest BCUT2D eigenvalue weighted by Crippen LogP contribution is -2.25. The highest BCUT2D eigenvalue weighted by atomic mass is 35.5. The van der Waals surface area contributed by atoms with Crippen LogP contribution >= 0.6 is 11.6 Å². The normalized spacial score (nSPS) is 23.3. The third kappa shape index (κ3) is 2.73. The Morgan fingerprint density at radius 1 is 1.56 bits per heavy atom. The van der Waals surface area contributed by atoms with Gasteiger partial charge in [-0.15, -0.1) is 0 Å². The standard InChI is InChI=1S/C14H16ClFO2/c1-2-14-9(6-7-18-14)13(17)8-10-11(15)4-3-5-12(10)16/h3-5,9,14H,2,6-8H2,1H3. The van der Waals surface area contributed by atoms with Crippen molar-refractivity contribution in [3.05, 3.63) is 34.6 Å². The molecule has 1 aromatic carbocycles. The van der Waals surface area contributed by atoms with Crippen LogP contribution in [0.4, 0.5) is 4.39 Å². The molecule has 4 heteroatoms. The van der Waals surface area contributed by atoms with E-state index in [4.69, 9.17) is 16.3 Å². The van der Waals surface area contributed by atoms with Crippen LogP contribution < -0.4 is 0 Å². The second-order valence-corrected chi connectivity index (χ2v) is 4.96. The first kappa shape index (κ1) is 13.5. The Bertz CT molecular complexity index is 427. The Morgan fingerprint density at radius 2 is 2.33 bits per heavy atom. The van der Waals surface area contributed by atoms with Gasteiger partial charge in [0.2, 0.25) is 0 Å². The number of hydrogen-bond acceptors (Lipinski definition) is 2. The molecule has 0 aliphatic carbocycles. The van der Waals surface area contributed by atoms with Gasteiger partial charge in [-0.25, -0.2) is 4.39 Å². The first-order valence-electron chi connectivity index (χ1n) is 6.20. The lowest BCUT2D eigenvalue weighted by molar-refractivity contribution is -0.123. The molecule has 0 aromatic heterocycles. The molecular formula is C14H16ClFO2. The van der Waals surface area contributed by atoms with Gasteiger partial charge in [0.05, 0.1) is 6.10 Å². The van der Waals surface area contributed by atoms with E-state index < -0.39 is 5.82 Å². The first-order valence-corrected chi connectivity index (χ1v) is 6.58. The van der Waals surface area contributed by atoms with Crippen LogP contribution in [0.2, 0.25) is 5.02 Å². The molecule has 1 aliphatic rings. The number of ether oxygens (including phenoxy) is 1. The zero-order valence-corrected chi connectivity index (χ0v) is 11.0.